The van der Waals surface area contributed by atoms with Gasteiger partial charge in [-0.25, -0.2) is 4.21 Å². The van der Waals surface area contributed by atoms with Crippen molar-refractivity contribution in [2.24, 2.45) is 0 Å². The van der Waals surface area contributed by atoms with Gasteiger partial charge in [0, 0.05) is 11.4 Å². The third kappa shape index (κ3) is 3.14. The van der Waals surface area contributed by atoms with E-state index in [4.69, 9.17) is 23.4 Å². The molecule has 2 heterocycles. The molecule has 0 saturated heterocycles. The molecule has 0 fully saturated rings. The summed E-state index contributed by atoms with van der Waals surface area (Å²) >= 11 is 6.50. The number of nitrogens with one attached hydrogen (secondary N) is 2. The molecule has 2 unspecified atom stereocenters. The van der Waals surface area contributed by atoms with Gasteiger partial charge in [-0.15, -0.1) is 17.8 Å². The van der Waals surface area contributed by atoms with Gasteiger partial charge in [0.25, 0.3) is 5.17 Å². The third-order valence-electron chi connectivity index (χ3n) is 3.13. The molecular weight excluding hydrogens is 336 g/mol. The fourth-order valence-electron chi connectivity index (χ4n) is 2.09. The smallest absolute Gasteiger partial charge is 0.261 e. The Labute approximate surface area is 140 Å². The lowest BCUT2D eigenvalue weighted by atomic mass is 9.98. The molecule has 0 aliphatic carbocycles. The zero-order valence-corrected chi connectivity index (χ0v) is 13.8. The van der Waals surface area contributed by atoms with Gasteiger partial charge in [0.2, 0.25) is 0 Å². The first-order valence-electron chi connectivity index (χ1n) is 6.43. The van der Waals surface area contributed by atoms with Gasteiger partial charge in [-0.3, -0.25) is 0 Å². The number of thiophene rings is 1. The number of ether oxygens (including phenoxy) is 1. The number of fused-ring (bicyclic) bond motifs is 1. The lowest BCUT2D eigenvalue weighted by Crippen LogP contribution is -2.11. The summed E-state index contributed by atoms with van der Waals surface area (Å²) in [6.45, 7) is 0.326. The Morgan fingerprint density at radius 1 is 1.50 bits per heavy atom. The lowest BCUT2D eigenvalue weighted by molar-refractivity contribution is 0.308. The number of hydrogen-bond donors (Lipinski definition) is 2. The Kier molecular flexibility index (Phi) is 4.43. The molecule has 0 spiro atoms. The Morgan fingerprint density at radius 2 is 2.36 bits per heavy atom. The third-order valence-corrected chi connectivity index (χ3v) is 5.68. The van der Waals surface area contributed by atoms with Gasteiger partial charge in [0.05, 0.1) is 5.92 Å². The van der Waals surface area contributed by atoms with Crippen molar-refractivity contribution in [2.75, 3.05) is 16.6 Å². The minimum Gasteiger partial charge on any atom is -0.469 e. The maximum atomic E-state index is 12.2. The Balaban J connectivity index is 1.89. The largest absolute Gasteiger partial charge is 0.469 e. The van der Waals surface area contributed by atoms with E-state index in [-0.39, 0.29) is 5.92 Å². The SMILES string of the molecule is C#CC1COC(=S)Nc2ccc(NS(=O)c3cccs3)cc21. The van der Waals surface area contributed by atoms with Gasteiger partial charge in [-0.2, -0.15) is 0 Å². The second kappa shape index (κ2) is 6.48. The van der Waals surface area contributed by atoms with Crippen molar-refractivity contribution in [1.29, 1.82) is 0 Å². The van der Waals surface area contributed by atoms with Crippen LogP contribution in [0.2, 0.25) is 0 Å². The number of rotatable bonds is 3. The predicted octanol–water partition coefficient (Wildman–Crippen LogP) is 3.33. The predicted molar refractivity (Wildman–Crippen MR) is 94.5 cm³/mol. The molecular formula is C15H12N2O2S3. The monoisotopic (exact) mass is 348 g/mol. The van der Waals surface area contributed by atoms with E-state index in [0.29, 0.717) is 11.8 Å². The first-order chi connectivity index (χ1) is 10.7. The molecule has 22 heavy (non-hydrogen) atoms. The molecule has 2 N–H and O–H groups in total. The lowest BCUT2D eigenvalue weighted by Gasteiger charge is -2.13. The van der Waals surface area contributed by atoms with E-state index in [2.05, 4.69) is 16.0 Å². The summed E-state index contributed by atoms with van der Waals surface area (Å²) < 4.78 is 21.3. The fourth-order valence-corrected chi connectivity index (χ4v) is 4.00. The van der Waals surface area contributed by atoms with Gasteiger partial charge < -0.3 is 14.8 Å². The maximum Gasteiger partial charge on any atom is 0.261 e. The van der Waals surface area contributed by atoms with Crippen molar-refractivity contribution >= 4 is 51.1 Å². The highest BCUT2D eigenvalue weighted by atomic mass is 32.2. The molecule has 112 valence electrons. The molecule has 3 rings (SSSR count). The topological polar surface area (TPSA) is 50.4 Å². The van der Waals surface area contributed by atoms with Gasteiger partial charge >= 0.3 is 0 Å². The highest BCUT2D eigenvalue weighted by Crippen LogP contribution is 2.31. The summed E-state index contributed by atoms with van der Waals surface area (Å²) in [5.41, 5.74) is 2.45. The minimum atomic E-state index is -1.29. The van der Waals surface area contributed by atoms with Crippen LogP contribution in [0.3, 0.4) is 0 Å². The first-order valence-corrected chi connectivity index (χ1v) is 8.87. The van der Waals surface area contributed by atoms with Crippen LogP contribution >= 0.6 is 23.6 Å². The zero-order chi connectivity index (χ0) is 15.5. The second-order valence-corrected chi connectivity index (χ2v) is 7.31. The zero-order valence-electron chi connectivity index (χ0n) is 11.4. The Morgan fingerprint density at radius 3 is 3.09 bits per heavy atom. The average Bonchev–Trinajstić information content (AvgIpc) is 2.99. The van der Waals surface area contributed by atoms with Crippen LogP contribution in [-0.4, -0.2) is 16.0 Å². The van der Waals surface area contributed by atoms with Gasteiger partial charge in [-0.1, -0.05) is 12.0 Å². The van der Waals surface area contributed by atoms with Crippen LogP contribution in [-0.2, 0) is 15.7 Å². The molecule has 1 aromatic heterocycles. The van der Waals surface area contributed by atoms with Crippen molar-refractivity contribution in [2.45, 2.75) is 10.1 Å². The minimum absolute atomic E-state index is 0.208. The molecule has 1 aromatic carbocycles. The maximum absolute atomic E-state index is 12.2. The van der Waals surface area contributed by atoms with Crippen molar-refractivity contribution < 1.29 is 8.95 Å². The molecule has 0 amide bonds. The molecule has 2 aromatic rings. The quantitative estimate of drug-likeness (QED) is 0.660. The van der Waals surface area contributed by atoms with Gasteiger partial charge in [0.15, 0.2) is 11.0 Å². The van der Waals surface area contributed by atoms with Crippen LogP contribution in [0.4, 0.5) is 11.4 Å². The standard InChI is InChI=1S/C15H12N2O2S3/c1-2-10-9-19-15(20)16-13-6-5-11(8-12(10)13)17-22(18)14-4-3-7-21-14/h1,3-8,10,17H,9H2,(H,16,20). The molecule has 0 radical (unpaired) electrons. The Bertz CT molecular complexity index is 766. The number of anilines is 2. The highest BCUT2D eigenvalue weighted by Gasteiger charge is 2.20. The van der Waals surface area contributed by atoms with E-state index >= 15 is 0 Å². The van der Waals surface area contributed by atoms with E-state index in [1.54, 1.807) is 0 Å². The first kappa shape index (κ1) is 15.0. The Hall–Kier alpha value is -1.88. The highest BCUT2D eigenvalue weighted by molar-refractivity contribution is 7.88. The summed E-state index contributed by atoms with van der Waals surface area (Å²) in [7, 11) is -1.29. The van der Waals surface area contributed by atoms with E-state index in [9.17, 15) is 4.21 Å². The van der Waals surface area contributed by atoms with E-state index in [1.807, 2.05) is 35.7 Å². The molecule has 7 heteroatoms. The normalized spacial score (nSPS) is 18.1. The number of terminal acetylenes is 1. The van der Waals surface area contributed by atoms with Crippen molar-refractivity contribution in [1.82, 2.24) is 0 Å². The van der Waals surface area contributed by atoms with E-state index < -0.39 is 11.0 Å². The molecule has 0 saturated carbocycles. The number of benzene rings is 1. The van der Waals surface area contributed by atoms with Crippen LogP contribution in [0.15, 0.2) is 39.9 Å². The fraction of sp³-hybridized carbons (Fsp3) is 0.133. The summed E-state index contributed by atoms with van der Waals surface area (Å²) in [5, 5.41) is 5.21. The molecule has 0 bridgehead atoms. The van der Waals surface area contributed by atoms with Crippen molar-refractivity contribution in [3.63, 3.8) is 0 Å². The van der Waals surface area contributed by atoms with Crippen LogP contribution in [0.25, 0.3) is 0 Å². The molecule has 1 aliphatic rings. The molecule has 1 aliphatic heterocycles. The second-order valence-electron chi connectivity index (χ2n) is 4.55. The van der Waals surface area contributed by atoms with Crippen molar-refractivity contribution in [3.8, 4) is 12.3 Å². The molecule has 4 nitrogen and oxygen atoms in total. The molecule has 2 atom stereocenters. The summed E-state index contributed by atoms with van der Waals surface area (Å²) in [5.74, 6) is 2.49. The van der Waals surface area contributed by atoms with Crippen LogP contribution in [0, 0.1) is 12.3 Å². The number of thiocarbonyl (C=S) groups is 1. The average molecular weight is 348 g/mol. The van der Waals surface area contributed by atoms with Crippen LogP contribution in [0.5, 0.6) is 0 Å². The van der Waals surface area contributed by atoms with Gasteiger partial charge in [0.1, 0.15) is 10.8 Å². The van der Waals surface area contributed by atoms with Crippen LogP contribution in [0.1, 0.15) is 11.5 Å². The summed E-state index contributed by atoms with van der Waals surface area (Å²) in [4.78, 5) is 0. The van der Waals surface area contributed by atoms with Gasteiger partial charge in [-0.05, 0) is 47.4 Å². The van der Waals surface area contributed by atoms with Crippen molar-refractivity contribution in [3.05, 3.63) is 41.3 Å². The van der Waals surface area contributed by atoms with E-state index in [0.717, 1.165) is 21.1 Å². The van der Waals surface area contributed by atoms with E-state index in [1.165, 1.54) is 11.3 Å². The van der Waals surface area contributed by atoms with Crippen LogP contribution < -0.4 is 10.0 Å². The summed E-state index contributed by atoms with van der Waals surface area (Å²) in [6.07, 6.45) is 5.58. The number of hydrogen-bond acceptors (Lipinski definition) is 4. The summed E-state index contributed by atoms with van der Waals surface area (Å²) in [6, 6.07) is 9.27.